The Morgan fingerprint density at radius 3 is 2.92 bits per heavy atom. The van der Waals surface area contributed by atoms with Crippen LogP contribution in [0.25, 0.3) is 0 Å². The molecule has 0 aliphatic carbocycles. The second-order valence-corrected chi connectivity index (χ2v) is 3.95. The third kappa shape index (κ3) is 2.50. The van der Waals surface area contributed by atoms with Crippen molar-refractivity contribution in [2.24, 2.45) is 0 Å². The zero-order chi connectivity index (χ0) is 8.97. The van der Waals surface area contributed by atoms with Crippen molar-refractivity contribution in [3.63, 3.8) is 0 Å². The third-order valence-electron chi connectivity index (χ3n) is 1.56. The Balaban J connectivity index is 2.75. The van der Waals surface area contributed by atoms with Gasteiger partial charge in [0.15, 0.2) is 0 Å². The molecule has 0 unspecified atom stereocenters. The van der Waals surface area contributed by atoms with Gasteiger partial charge in [0.25, 0.3) is 0 Å². The van der Waals surface area contributed by atoms with Crippen LogP contribution in [0, 0.1) is 0 Å². The number of thiocarbonyl (C=S) groups is 1. The first-order valence-electron chi connectivity index (χ1n) is 3.61. The Morgan fingerprint density at radius 1 is 1.58 bits per heavy atom. The van der Waals surface area contributed by atoms with E-state index in [2.05, 4.69) is 0 Å². The fourth-order valence-corrected chi connectivity index (χ4v) is 1.23. The van der Waals surface area contributed by atoms with Crippen LogP contribution in [0.3, 0.4) is 0 Å². The zero-order valence-electron chi connectivity index (χ0n) is 7.15. The largest absolute Gasteiger partial charge is 0.351 e. The lowest BCUT2D eigenvalue weighted by atomic mass is 10.3. The van der Waals surface area contributed by atoms with Gasteiger partial charge in [-0.05, 0) is 24.5 Å². The maximum atomic E-state index is 5.09. The molecule has 0 aromatic rings. The highest BCUT2D eigenvalue weighted by Crippen LogP contribution is 2.12. The molecule has 1 aliphatic heterocycles. The van der Waals surface area contributed by atoms with Gasteiger partial charge < -0.3 is 4.90 Å². The summed E-state index contributed by atoms with van der Waals surface area (Å²) in [6, 6.07) is 0. The molecule has 1 heterocycles. The molecule has 0 spiro atoms. The molecule has 0 radical (unpaired) electrons. The number of allylic oxidation sites excluding steroid dienone is 3. The van der Waals surface area contributed by atoms with E-state index in [1.165, 1.54) is 0 Å². The minimum Gasteiger partial charge on any atom is -0.351 e. The smallest absolute Gasteiger partial charge is 0.0723 e. The van der Waals surface area contributed by atoms with E-state index in [1.807, 2.05) is 48.7 Å². The van der Waals surface area contributed by atoms with Crippen LogP contribution in [0.4, 0.5) is 0 Å². The summed E-state index contributed by atoms with van der Waals surface area (Å²) in [5, 5.41) is 0. The van der Waals surface area contributed by atoms with E-state index in [1.54, 1.807) is 11.8 Å². The van der Waals surface area contributed by atoms with E-state index < -0.39 is 0 Å². The van der Waals surface area contributed by atoms with Gasteiger partial charge in [0, 0.05) is 18.9 Å². The van der Waals surface area contributed by atoms with Gasteiger partial charge in [-0.25, -0.2) is 0 Å². The van der Waals surface area contributed by atoms with E-state index in [4.69, 9.17) is 12.2 Å². The second-order valence-electron chi connectivity index (χ2n) is 2.40. The SMILES string of the molecule is CSC(=S)/C=C1\C=CC=CN1C. The van der Waals surface area contributed by atoms with Gasteiger partial charge in [0.05, 0.1) is 4.20 Å². The van der Waals surface area contributed by atoms with Crippen LogP contribution >= 0.6 is 24.0 Å². The van der Waals surface area contributed by atoms with Crippen LogP contribution in [0.2, 0.25) is 0 Å². The summed E-state index contributed by atoms with van der Waals surface area (Å²) in [6.07, 6.45) is 12.0. The lowest BCUT2D eigenvalue weighted by Crippen LogP contribution is -2.10. The second kappa shape index (κ2) is 4.48. The molecule has 64 valence electrons. The Kier molecular flexibility index (Phi) is 3.56. The molecule has 0 N–H and O–H groups in total. The summed E-state index contributed by atoms with van der Waals surface area (Å²) in [5.74, 6) is 0. The first-order valence-corrected chi connectivity index (χ1v) is 5.24. The van der Waals surface area contributed by atoms with Crippen LogP contribution in [-0.4, -0.2) is 22.4 Å². The third-order valence-corrected chi connectivity index (χ3v) is 2.70. The van der Waals surface area contributed by atoms with E-state index in [0.29, 0.717) is 0 Å². The molecule has 3 heteroatoms. The Labute approximate surface area is 82.8 Å². The molecule has 0 aromatic carbocycles. The molecule has 12 heavy (non-hydrogen) atoms. The van der Waals surface area contributed by atoms with Crippen molar-refractivity contribution in [3.8, 4) is 0 Å². The first kappa shape index (κ1) is 9.55. The maximum Gasteiger partial charge on any atom is 0.0723 e. The quantitative estimate of drug-likeness (QED) is 0.470. The number of thioether (sulfide) groups is 1. The van der Waals surface area contributed by atoms with Crippen molar-refractivity contribution >= 4 is 28.2 Å². The van der Waals surface area contributed by atoms with Crippen molar-refractivity contribution in [2.45, 2.75) is 0 Å². The Morgan fingerprint density at radius 2 is 2.33 bits per heavy atom. The zero-order valence-corrected chi connectivity index (χ0v) is 8.78. The summed E-state index contributed by atoms with van der Waals surface area (Å²) in [4.78, 5) is 2.04. The lowest BCUT2D eigenvalue weighted by molar-refractivity contribution is 0.585. The van der Waals surface area contributed by atoms with Gasteiger partial charge >= 0.3 is 0 Å². The highest BCUT2D eigenvalue weighted by molar-refractivity contribution is 8.23. The topological polar surface area (TPSA) is 3.24 Å². The molecule has 0 amide bonds. The molecule has 1 aliphatic rings. The van der Waals surface area contributed by atoms with Crippen LogP contribution < -0.4 is 0 Å². The summed E-state index contributed by atoms with van der Waals surface area (Å²) in [5.41, 5.74) is 1.14. The number of likely N-dealkylation sites (N-methyl/N-ethyl adjacent to an activating group) is 1. The average Bonchev–Trinajstić information content (AvgIpc) is 2.09. The lowest BCUT2D eigenvalue weighted by Gasteiger charge is -2.17. The van der Waals surface area contributed by atoms with Crippen LogP contribution in [0.15, 0.2) is 36.2 Å². The summed E-state index contributed by atoms with van der Waals surface area (Å²) in [7, 11) is 2.01. The average molecular weight is 197 g/mol. The van der Waals surface area contributed by atoms with Crippen molar-refractivity contribution < 1.29 is 0 Å². The van der Waals surface area contributed by atoms with E-state index >= 15 is 0 Å². The summed E-state index contributed by atoms with van der Waals surface area (Å²) >= 11 is 6.68. The highest BCUT2D eigenvalue weighted by Gasteiger charge is 2.00. The highest BCUT2D eigenvalue weighted by atomic mass is 32.2. The summed E-state index contributed by atoms with van der Waals surface area (Å²) in [6.45, 7) is 0. The molecule has 0 fully saturated rings. The fraction of sp³-hybridized carbons (Fsp3) is 0.222. The minimum atomic E-state index is 0.914. The van der Waals surface area contributed by atoms with Crippen molar-refractivity contribution in [1.82, 2.24) is 4.90 Å². The predicted octanol–water partition coefficient (Wildman–Crippen LogP) is 2.58. The van der Waals surface area contributed by atoms with Gasteiger partial charge in [-0.2, -0.15) is 0 Å². The Bertz CT molecular complexity index is 264. The van der Waals surface area contributed by atoms with Crippen molar-refractivity contribution in [1.29, 1.82) is 0 Å². The number of hydrogen-bond donors (Lipinski definition) is 0. The molecule has 0 saturated heterocycles. The minimum absolute atomic E-state index is 0.914. The van der Waals surface area contributed by atoms with Crippen LogP contribution in [0.5, 0.6) is 0 Å². The van der Waals surface area contributed by atoms with Gasteiger partial charge in [-0.1, -0.05) is 18.3 Å². The van der Waals surface area contributed by atoms with Gasteiger partial charge in [-0.15, -0.1) is 11.8 Å². The van der Waals surface area contributed by atoms with Crippen LogP contribution in [0.1, 0.15) is 0 Å². The number of rotatable bonds is 1. The van der Waals surface area contributed by atoms with E-state index in [9.17, 15) is 0 Å². The number of hydrogen-bond acceptors (Lipinski definition) is 3. The standard InChI is InChI=1S/C9H11NS2/c1-10-6-4-3-5-8(10)7-9(11)12-2/h3-7H,1-2H3/b8-7+. The van der Waals surface area contributed by atoms with Gasteiger partial charge in [-0.3, -0.25) is 0 Å². The molecule has 0 atom stereocenters. The Hall–Kier alpha value is -0.540. The molecule has 1 rings (SSSR count). The normalized spacial score (nSPS) is 18.8. The molecule has 1 nitrogen and oxygen atoms in total. The predicted molar refractivity (Wildman–Crippen MR) is 60.2 cm³/mol. The maximum absolute atomic E-state index is 5.09. The molecule has 0 bridgehead atoms. The first-order chi connectivity index (χ1) is 5.74. The van der Waals surface area contributed by atoms with Gasteiger partial charge in [0.2, 0.25) is 0 Å². The van der Waals surface area contributed by atoms with E-state index in [0.717, 1.165) is 9.89 Å². The van der Waals surface area contributed by atoms with Gasteiger partial charge in [0.1, 0.15) is 0 Å². The molecule has 0 saturated carbocycles. The monoisotopic (exact) mass is 197 g/mol. The molecule has 0 aromatic heterocycles. The van der Waals surface area contributed by atoms with Crippen molar-refractivity contribution in [3.05, 3.63) is 36.2 Å². The fourth-order valence-electron chi connectivity index (χ4n) is 0.866. The van der Waals surface area contributed by atoms with Crippen molar-refractivity contribution in [2.75, 3.05) is 13.3 Å². The van der Waals surface area contributed by atoms with E-state index in [-0.39, 0.29) is 0 Å². The summed E-state index contributed by atoms with van der Waals surface area (Å²) < 4.78 is 0.914. The molecular weight excluding hydrogens is 186 g/mol. The van der Waals surface area contributed by atoms with Crippen LogP contribution in [-0.2, 0) is 0 Å². The number of nitrogens with zero attached hydrogens (tertiary/aromatic N) is 1. The molecular formula is C9H11NS2.